The average molecular weight is 218 g/mol. The van der Waals surface area contributed by atoms with Gasteiger partial charge in [-0.2, -0.15) is 0 Å². The van der Waals surface area contributed by atoms with E-state index >= 15 is 0 Å². The quantitative estimate of drug-likeness (QED) is 0.836. The third-order valence-electron chi connectivity index (χ3n) is 2.58. The van der Waals surface area contributed by atoms with Gasteiger partial charge >= 0.3 is 0 Å². The summed E-state index contributed by atoms with van der Waals surface area (Å²) in [6.45, 7) is 3.80. The highest BCUT2D eigenvalue weighted by molar-refractivity contribution is 5.84. The molecule has 0 bridgehead atoms. The minimum Gasteiger partial charge on any atom is -0.494 e. The first-order valence-electron chi connectivity index (χ1n) is 5.23. The molecule has 2 aromatic rings. The summed E-state index contributed by atoms with van der Waals surface area (Å²) >= 11 is 0. The fourth-order valence-electron chi connectivity index (χ4n) is 1.74. The molecular formula is C12H14N2O2. The van der Waals surface area contributed by atoms with Crippen LogP contribution in [0.2, 0.25) is 0 Å². The molecule has 0 amide bonds. The van der Waals surface area contributed by atoms with Crippen molar-refractivity contribution in [1.29, 1.82) is 0 Å². The minimum absolute atomic E-state index is 0.115. The van der Waals surface area contributed by atoms with Crippen LogP contribution in [0.5, 0.6) is 5.75 Å². The lowest BCUT2D eigenvalue weighted by Crippen LogP contribution is -2.10. The van der Waals surface area contributed by atoms with Crippen LogP contribution in [0.1, 0.15) is 18.3 Å². The molecule has 4 nitrogen and oxygen atoms in total. The summed E-state index contributed by atoms with van der Waals surface area (Å²) in [6.07, 6.45) is 0.861. The summed E-state index contributed by atoms with van der Waals surface area (Å²) in [4.78, 5) is 18.8. The van der Waals surface area contributed by atoms with Crippen LogP contribution in [0.4, 0.5) is 0 Å². The van der Waals surface area contributed by atoms with Crippen molar-refractivity contribution in [2.75, 3.05) is 7.11 Å². The van der Waals surface area contributed by atoms with Crippen LogP contribution < -0.4 is 10.3 Å². The molecule has 0 saturated carbocycles. The fourth-order valence-corrected chi connectivity index (χ4v) is 1.74. The number of ether oxygens (including phenoxy) is 1. The normalized spacial score (nSPS) is 10.7. The molecular weight excluding hydrogens is 204 g/mol. The number of aryl methyl sites for hydroxylation is 2. The Labute approximate surface area is 93.3 Å². The molecule has 1 aromatic heterocycles. The third-order valence-corrected chi connectivity index (χ3v) is 2.58. The Morgan fingerprint density at radius 1 is 1.44 bits per heavy atom. The summed E-state index contributed by atoms with van der Waals surface area (Å²) in [5.41, 5.74) is 1.58. The van der Waals surface area contributed by atoms with Gasteiger partial charge in [0.2, 0.25) is 0 Å². The largest absolute Gasteiger partial charge is 0.494 e. The highest BCUT2D eigenvalue weighted by Gasteiger charge is 2.09. The van der Waals surface area contributed by atoms with Crippen molar-refractivity contribution >= 4 is 10.9 Å². The van der Waals surface area contributed by atoms with Gasteiger partial charge in [-0.15, -0.1) is 0 Å². The maximum absolute atomic E-state index is 11.8. The van der Waals surface area contributed by atoms with Crippen molar-refractivity contribution in [1.82, 2.24) is 9.97 Å². The lowest BCUT2D eigenvalue weighted by Gasteiger charge is -2.07. The zero-order valence-corrected chi connectivity index (χ0v) is 9.63. The summed E-state index contributed by atoms with van der Waals surface area (Å²) in [7, 11) is 1.59. The first-order chi connectivity index (χ1) is 7.65. The molecule has 1 aromatic carbocycles. The number of aromatic amines is 1. The van der Waals surface area contributed by atoms with E-state index in [-0.39, 0.29) is 5.56 Å². The Morgan fingerprint density at radius 2 is 2.19 bits per heavy atom. The first-order valence-corrected chi connectivity index (χ1v) is 5.23. The van der Waals surface area contributed by atoms with E-state index in [0.29, 0.717) is 22.5 Å². The molecule has 0 atom stereocenters. The second-order valence-corrected chi connectivity index (χ2v) is 3.70. The zero-order chi connectivity index (χ0) is 11.7. The molecule has 0 radical (unpaired) electrons. The van der Waals surface area contributed by atoms with E-state index in [2.05, 4.69) is 9.97 Å². The Balaban J connectivity index is 2.89. The van der Waals surface area contributed by atoms with Crippen molar-refractivity contribution in [3.63, 3.8) is 0 Å². The van der Waals surface area contributed by atoms with Gasteiger partial charge in [0.25, 0.3) is 5.56 Å². The molecule has 0 unspecified atom stereocenters. The Morgan fingerprint density at radius 3 is 2.81 bits per heavy atom. The monoisotopic (exact) mass is 218 g/mol. The van der Waals surface area contributed by atoms with Crippen LogP contribution in [-0.2, 0) is 6.42 Å². The molecule has 1 N–H and O–H groups in total. The fraction of sp³-hybridized carbons (Fsp3) is 0.333. The SMILES string of the molecule is CCc1cc(OC)c2nc(C)[nH]c(=O)c2c1. The van der Waals surface area contributed by atoms with Crippen molar-refractivity contribution in [3.8, 4) is 5.75 Å². The average Bonchev–Trinajstić information content (AvgIpc) is 2.28. The van der Waals surface area contributed by atoms with E-state index in [1.54, 1.807) is 14.0 Å². The number of H-pyrrole nitrogens is 1. The van der Waals surface area contributed by atoms with Crippen molar-refractivity contribution < 1.29 is 4.74 Å². The summed E-state index contributed by atoms with van der Waals surface area (Å²) < 4.78 is 5.26. The summed E-state index contributed by atoms with van der Waals surface area (Å²) in [5, 5.41) is 0.585. The molecule has 16 heavy (non-hydrogen) atoms. The number of benzene rings is 1. The highest BCUT2D eigenvalue weighted by Crippen LogP contribution is 2.23. The molecule has 0 fully saturated rings. The number of nitrogens with one attached hydrogen (secondary N) is 1. The molecule has 0 saturated heterocycles. The van der Waals surface area contributed by atoms with Gasteiger partial charge in [-0.05, 0) is 31.0 Å². The van der Waals surface area contributed by atoms with Gasteiger partial charge in [0.15, 0.2) is 0 Å². The third kappa shape index (κ3) is 1.66. The molecule has 84 valence electrons. The Bertz CT molecular complexity index is 587. The minimum atomic E-state index is -0.115. The standard InChI is InChI=1S/C12H14N2O2/c1-4-8-5-9-11(10(6-8)16-3)13-7(2)14-12(9)15/h5-6H,4H2,1-3H3,(H,13,14,15). The number of hydrogen-bond acceptors (Lipinski definition) is 3. The molecule has 0 aliphatic rings. The predicted octanol–water partition coefficient (Wildman–Crippen LogP) is 1.80. The van der Waals surface area contributed by atoms with Gasteiger partial charge < -0.3 is 9.72 Å². The van der Waals surface area contributed by atoms with Crippen LogP contribution in [0.25, 0.3) is 10.9 Å². The Hall–Kier alpha value is -1.84. The van der Waals surface area contributed by atoms with Crippen LogP contribution in [0, 0.1) is 6.92 Å². The van der Waals surface area contributed by atoms with E-state index in [4.69, 9.17) is 4.74 Å². The van der Waals surface area contributed by atoms with Gasteiger partial charge in [-0.25, -0.2) is 4.98 Å². The number of nitrogens with zero attached hydrogens (tertiary/aromatic N) is 1. The molecule has 0 spiro atoms. The van der Waals surface area contributed by atoms with E-state index in [9.17, 15) is 4.79 Å². The van der Waals surface area contributed by atoms with Crippen LogP contribution in [0.3, 0.4) is 0 Å². The van der Waals surface area contributed by atoms with Gasteiger partial charge in [0.05, 0.1) is 12.5 Å². The number of aromatic nitrogens is 2. The summed E-state index contributed by atoms with van der Waals surface area (Å²) in [6, 6.07) is 3.79. The van der Waals surface area contributed by atoms with Crippen molar-refractivity contribution in [3.05, 3.63) is 33.9 Å². The van der Waals surface area contributed by atoms with Gasteiger partial charge in [-0.3, -0.25) is 4.79 Å². The lowest BCUT2D eigenvalue weighted by molar-refractivity contribution is 0.418. The van der Waals surface area contributed by atoms with Crippen molar-refractivity contribution in [2.45, 2.75) is 20.3 Å². The van der Waals surface area contributed by atoms with E-state index in [1.165, 1.54) is 0 Å². The van der Waals surface area contributed by atoms with Gasteiger partial charge in [-0.1, -0.05) is 6.92 Å². The predicted molar refractivity (Wildman–Crippen MR) is 63.0 cm³/mol. The van der Waals surface area contributed by atoms with Crippen LogP contribution in [0.15, 0.2) is 16.9 Å². The molecule has 1 heterocycles. The number of methoxy groups -OCH3 is 1. The summed E-state index contributed by atoms with van der Waals surface area (Å²) in [5.74, 6) is 1.25. The van der Waals surface area contributed by atoms with E-state index < -0.39 is 0 Å². The highest BCUT2D eigenvalue weighted by atomic mass is 16.5. The Kier molecular flexibility index (Phi) is 2.64. The second-order valence-electron chi connectivity index (χ2n) is 3.70. The van der Waals surface area contributed by atoms with E-state index in [0.717, 1.165) is 12.0 Å². The topological polar surface area (TPSA) is 55.0 Å². The number of rotatable bonds is 2. The van der Waals surface area contributed by atoms with Gasteiger partial charge in [0.1, 0.15) is 17.1 Å². The maximum Gasteiger partial charge on any atom is 0.258 e. The molecule has 2 rings (SSSR count). The van der Waals surface area contributed by atoms with E-state index in [1.807, 2.05) is 19.1 Å². The molecule has 4 heteroatoms. The molecule has 0 aliphatic heterocycles. The van der Waals surface area contributed by atoms with Crippen LogP contribution in [-0.4, -0.2) is 17.1 Å². The maximum atomic E-state index is 11.8. The second kappa shape index (κ2) is 3.96. The number of hydrogen-bond donors (Lipinski definition) is 1. The number of fused-ring (bicyclic) bond motifs is 1. The van der Waals surface area contributed by atoms with Crippen LogP contribution >= 0.6 is 0 Å². The smallest absolute Gasteiger partial charge is 0.258 e. The van der Waals surface area contributed by atoms with Gasteiger partial charge in [0, 0.05) is 0 Å². The lowest BCUT2D eigenvalue weighted by atomic mass is 10.1. The molecule has 0 aliphatic carbocycles. The first kappa shape index (κ1) is 10.7. The van der Waals surface area contributed by atoms with Crippen molar-refractivity contribution in [2.24, 2.45) is 0 Å². The zero-order valence-electron chi connectivity index (χ0n) is 9.63.